The Morgan fingerprint density at radius 1 is 1.23 bits per heavy atom. The molecule has 138 valence electrons. The Bertz CT molecular complexity index is 833. The van der Waals surface area contributed by atoms with E-state index in [1.165, 1.54) is 24.3 Å². The largest absolute Gasteiger partial charge is 0.591 e. The van der Waals surface area contributed by atoms with E-state index in [9.17, 15) is 18.1 Å². The van der Waals surface area contributed by atoms with Crippen molar-refractivity contribution in [1.82, 2.24) is 4.98 Å². The minimum atomic E-state index is -1.54. The van der Waals surface area contributed by atoms with Gasteiger partial charge in [0.2, 0.25) is 0 Å². The molecule has 5 nitrogen and oxygen atoms in total. The van der Waals surface area contributed by atoms with Gasteiger partial charge in [0.1, 0.15) is 33.4 Å². The third-order valence-corrected chi connectivity index (χ3v) is 4.81. The number of anilines is 1. The second-order valence-electron chi connectivity index (χ2n) is 6.55. The summed E-state index contributed by atoms with van der Waals surface area (Å²) < 4.78 is 42.6. The maximum atomic E-state index is 14.1. The van der Waals surface area contributed by atoms with Crippen molar-refractivity contribution in [3.05, 3.63) is 59.4 Å². The van der Waals surface area contributed by atoms with Crippen molar-refractivity contribution in [2.45, 2.75) is 32.4 Å². The van der Waals surface area contributed by atoms with Crippen molar-refractivity contribution in [2.24, 2.45) is 4.40 Å². The highest BCUT2D eigenvalue weighted by Crippen LogP contribution is 2.21. The summed E-state index contributed by atoms with van der Waals surface area (Å²) in [5.41, 5.74) is 0.726. The summed E-state index contributed by atoms with van der Waals surface area (Å²) >= 11 is -1.54. The zero-order valence-corrected chi connectivity index (χ0v) is 15.7. The zero-order chi connectivity index (χ0) is 19.5. The summed E-state index contributed by atoms with van der Waals surface area (Å²) in [6, 6.07) is 6.33. The molecule has 8 heteroatoms. The number of benzene rings is 1. The van der Waals surface area contributed by atoms with Crippen LogP contribution in [-0.2, 0) is 11.4 Å². The molecule has 0 aliphatic rings. The maximum Gasteiger partial charge on any atom is 0.274 e. The standard InChI is InChI=1S/C18H19F2N3O2S/c1-11(23-26(25)18(2,3)4)14-9-13(6-7-15(14)20)22-17(24)16-8-5-12(19)10-21-16/h5-10H,1-4H3,(H,22,24). The van der Waals surface area contributed by atoms with E-state index in [1.54, 1.807) is 27.7 Å². The van der Waals surface area contributed by atoms with E-state index in [4.69, 9.17) is 0 Å². The summed E-state index contributed by atoms with van der Waals surface area (Å²) in [5, 5.41) is 2.56. The molecule has 1 heterocycles. The number of rotatable bonds is 4. The molecule has 1 atom stereocenters. The third kappa shape index (κ3) is 5.09. The molecule has 0 saturated carbocycles. The number of carbonyl (C=O) groups excluding carboxylic acids is 1. The fourth-order valence-corrected chi connectivity index (χ4v) is 2.52. The van der Waals surface area contributed by atoms with Crippen LogP contribution in [0.5, 0.6) is 0 Å². The molecule has 0 fully saturated rings. The highest BCUT2D eigenvalue weighted by Gasteiger charge is 2.27. The topological polar surface area (TPSA) is 77.4 Å². The molecule has 1 aromatic carbocycles. The monoisotopic (exact) mass is 379 g/mol. The van der Waals surface area contributed by atoms with Gasteiger partial charge in [-0.1, -0.05) is 4.40 Å². The van der Waals surface area contributed by atoms with Gasteiger partial charge in [-0.25, -0.2) is 13.8 Å². The second-order valence-corrected chi connectivity index (χ2v) is 8.45. The predicted molar refractivity (Wildman–Crippen MR) is 98.7 cm³/mol. The van der Waals surface area contributed by atoms with Gasteiger partial charge in [-0.2, -0.15) is 0 Å². The van der Waals surface area contributed by atoms with Crippen LogP contribution in [-0.4, -0.2) is 25.9 Å². The Morgan fingerprint density at radius 2 is 1.92 bits per heavy atom. The molecule has 1 amide bonds. The van der Waals surface area contributed by atoms with E-state index < -0.39 is 33.7 Å². The van der Waals surface area contributed by atoms with Crippen LogP contribution in [0, 0.1) is 11.6 Å². The van der Waals surface area contributed by atoms with Crippen LogP contribution < -0.4 is 5.32 Å². The van der Waals surface area contributed by atoms with Crippen molar-refractivity contribution in [3.63, 3.8) is 0 Å². The highest BCUT2D eigenvalue weighted by atomic mass is 32.2. The molecular formula is C18H19F2N3O2S. The van der Waals surface area contributed by atoms with Crippen LogP contribution in [0.15, 0.2) is 40.9 Å². The van der Waals surface area contributed by atoms with E-state index in [-0.39, 0.29) is 17.0 Å². The van der Waals surface area contributed by atoms with Crippen molar-refractivity contribution < 1.29 is 18.1 Å². The molecule has 2 aromatic rings. The SMILES string of the molecule is CC(=N[S+]([O-])C(C)(C)C)c1cc(NC(=O)c2ccc(F)cn2)ccc1F. The summed E-state index contributed by atoms with van der Waals surface area (Å²) in [7, 11) is 0. The van der Waals surface area contributed by atoms with Crippen LogP contribution in [0.4, 0.5) is 14.5 Å². The van der Waals surface area contributed by atoms with Crippen LogP contribution in [0.2, 0.25) is 0 Å². The van der Waals surface area contributed by atoms with Crippen molar-refractivity contribution in [1.29, 1.82) is 0 Å². The number of hydrogen-bond acceptors (Lipinski definition) is 4. The van der Waals surface area contributed by atoms with E-state index in [2.05, 4.69) is 14.7 Å². The molecule has 2 rings (SSSR count). The highest BCUT2D eigenvalue weighted by molar-refractivity contribution is 7.91. The van der Waals surface area contributed by atoms with Crippen LogP contribution in [0.1, 0.15) is 43.7 Å². The minimum absolute atomic E-state index is 0.0245. The van der Waals surface area contributed by atoms with E-state index in [1.807, 2.05) is 0 Å². The summed E-state index contributed by atoms with van der Waals surface area (Å²) in [4.78, 5) is 15.8. The second kappa shape index (κ2) is 7.92. The van der Waals surface area contributed by atoms with Crippen LogP contribution in [0.3, 0.4) is 0 Å². The first-order chi connectivity index (χ1) is 12.1. The smallest absolute Gasteiger partial charge is 0.274 e. The number of pyridine rings is 1. The lowest BCUT2D eigenvalue weighted by Crippen LogP contribution is -2.26. The van der Waals surface area contributed by atoms with Gasteiger partial charge in [0.05, 0.1) is 11.9 Å². The summed E-state index contributed by atoms with van der Waals surface area (Å²) in [5.74, 6) is -1.66. The Balaban J connectivity index is 2.25. The number of aromatic nitrogens is 1. The Hall–Kier alpha value is -2.32. The molecule has 0 bridgehead atoms. The molecule has 1 aromatic heterocycles. The number of nitrogens with one attached hydrogen (secondary N) is 1. The van der Waals surface area contributed by atoms with E-state index >= 15 is 0 Å². The lowest BCUT2D eigenvalue weighted by molar-refractivity contribution is 0.102. The molecule has 26 heavy (non-hydrogen) atoms. The molecule has 1 unspecified atom stereocenters. The molecule has 0 spiro atoms. The lowest BCUT2D eigenvalue weighted by Gasteiger charge is -2.19. The van der Waals surface area contributed by atoms with Crippen molar-refractivity contribution in [2.75, 3.05) is 5.32 Å². The number of amides is 1. The Kier molecular flexibility index (Phi) is 6.09. The maximum absolute atomic E-state index is 14.1. The molecular weight excluding hydrogens is 360 g/mol. The zero-order valence-electron chi connectivity index (χ0n) is 14.8. The fourth-order valence-electron chi connectivity index (χ4n) is 1.90. The third-order valence-electron chi connectivity index (χ3n) is 3.32. The van der Waals surface area contributed by atoms with Gasteiger partial charge in [0.25, 0.3) is 5.91 Å². The number of hydrogen-bond donors (Lipinski definition) is 1. The Labute approximate surface area is 153 Å². The lowest BCUT2D eigenvalue weighted by atomic mass is 10.1. The molecule has 0 radical (unpaired) electrons. The Morgan fingerprint density at radius 3 is 2.50 bits per heavy atom. The van der Waals surface area contributed by atoms with Gasteiger partial charge in [-0.05, 0) is 58.0 Å². The quantitative estimate of drug-likeness (QED) is 0.647. The van der Waals surface area contributed by atoms with E-state index in [0.29, 0.717) is 5.69 Å². The average molecular weight is 379 g/mol. The molecule has 0 aliphatic heterocycles. The predicted octanol–water partition coefficient (Wildman–Crippen LogP) is 3.88. The first kappa shape index (κ1) is 20.0. The fraction of sp³-hybridized carbons (Fsp3) is 0.278. The number of halogens is 2. The summed E-state index contributed by atoms with van der Waals surface area (Å²) in [6.45, 7) is 6.85. The van der Waals surface area contributed by atoms with Gasteiger partial charge >= 0.3 is 0 Å². The van der Waals surface area contributed by atoms with Gasteiger partial charge in [-0.15, -0.1) is 0 Å². The van der Waals surface area contributed by atoms with Crippen LogP contribution >= 0.6 is 0 Å². The van der Waals surface area contributed by atoms with Gasteiger partial charge in [-0.3, -0.25) is 4.79 Å². The normalized spacial score (nSPS) is 13.4. The van der Waals surface area contributed by atoms with Gasteiger partial charge in [0.15, 0.2) is 0 Å². The first-order valence-corrected chi connectivity index (χ1v) is 8.88. The first-order valence-electron chi connectivity index (χ1n) is 7.78. The molecule has 0 aliphatic carbocycles. The van der Waals surface area contributed by atoms with E-state index in [0.717, 1.165) is 12.3 Å². The minimum Gasteiger partial charge on any atom is -0.591 e. The molecule has 0 saturated heterocycles. The summed E-state index contributed by atoms with van der Waals surface area (Å²) in [6.07, 6.45) is 0.934. The van der Waals surface area contributed by atoms with Gasteiger partial charge < -0.3 is 9.87 Å². The average Bonchev–Trinajstić information content (AvgIpc) is 2.56. The van der Waals surface area contributed by atoms with Crippen molar-refractivity contribution in [3.8, 4) is 0 Å². The van der Waals surface area contributed by atoms with Crippen LogP contribution in [0.25, 0.3) is 0 Å². The van der Waals surface area contributed by atoms with Gasteiger partial charge in [0, 0.05) is 11.3 Å². The number of carbonyl (C=O) groups is 1. The molecule has 1 N–H and O–H groups in total. The van der Waals surface area contributed by atoms with Crippen molar-refractivity contribution >= 4 is 28.7 Å². The number of nitrogens with zero attached hydrogens (tertiary/aromatic N) is 2.